The van der Waals surface area contributed by atoms with Crippen LogP contribution in [0.2, 0.25) is 0 Å². The van der Waals surface area contributed by atoms with Crippen LogP contribution in [0.4, 0.5) is 0 Å². The summed E-state index contributed by atoms with van der Waals surface area (Å²) in [5, 5.41) is 20.7. The van der Waals surface area contributed by atoms with E-state index >= 15 is 0 Å². The molecule has 0 spiro atoms. The van der Waals surface area contributed by atoms with E-state index in [0.717, 1.165) is 0 Å². The average molecular weight is 426 g/mol. The number of hydrogen-bond donors (Lipinski definition) is 0. The van der Waals surface area contributed by atoms with Crippen LogP contribution in [0.3, 0.4) is 0 Å². The molecule has 25 heavy (non-hydrogen) atoms. The van der Waals surface area contributed by atoms with Crippen molar-refractivity contribution in [2.75, 3.05) is 0 Å². The summed E-state index contributed by atoms with van der Waals surface area (Å²) in [6.07, 6.45) is 0. The second-order valence-electron chi connectivity index (χ2n) is 8.15. The van der Waals surface area contributed by atoms with Crippen LogP contribution < -0.4 is 0 Å². The van der Waals surface area contributed by atoms with Gasteiger partial charge in [-0.1, -0.05) is 83.1 Å². The van der Waals surface area contributed by atoms with Gasteiger partial charge < -0.3 is 25.2 Å². The molecule has 0 rings (SSSR count). The standard InChI is InChI=1S/2C9H21NP.2CH3.Ti/c2*1-7(2)11(10,8(3)4)9(5)6;;;/h2*7-9H,1-6H3;2*1H3;/q4*-1;+4. The third kappa shape index (κ3) is 9.78. The van der Waals surface area contributed by atoms with E-state index in [1.165, 1.54) is 0 Å². The zero-order valence-corrected chi connectivity index (χ0v) is 23.1. The maximum atomic E-state index is 10.4. The van der Waals surface area contributed by atoms with E-state index in [1.807, 2.05) is 0 Å². The third-order valence-electron chi connectivity index (χ3n) is 4.96. The van der Waals surface area contributed by atoms with E-state index < -0.39 is 14.1 Å². The fourth-order valence-electron chi connectivity index (χ4n) is 3.58. The van der Waals surface area contributed by atoms with Crippen molar-refractivity contribution in [1.82, 2.24) is 0 Å². The van der Waals surface area contributed by atoms with Crippen molar-refractivity contribution < 1.29 is 21.7 Å². The van der Waals surface area contributed by atoms with Crippen molar-refractivity contribution >= 4 is 14.1 Å². The molecular formula is C20H48N2P2Ti. The Morgan fingerprint density at radius 1 is 0.400 bits per heavy atom. The third-order valence-corrected chi connectivity index (χ3v) is 14.9. The van der Waals surface area contributed by atoms with Gasteiger partial charge in [-0.25, -0.2) is 14.1 Å². The summed E-state index contributed by atoms with van der Waals surface area (Å²) in [6, 6.07) is 0. The van der Waals surface area contributed by atoms with Gasteiger partial charge in [0.15, 0.2) is 0 Å². The van der Waals surface area contributed by atoms with Crippen molar-refractivity contribution in [3.8, 4) is 0 Å². The zero-order chi connectivity index (χ0) is 18.5. The summed E-state index contributed by atoms with van der Waals surface area (Å²) in [6.45, 7) is 25.6. The molecule has 152 valence electrons. The molecule has 0 unspecified atom stereocenters. The van der Waals surface area contributed by atoms with Crippen LogP contribution in [0.15, 0.2) is 0 Å². The quantitative estimate of drug-likeness (QED) is 0.231. The van der Waals surface area contributed by atoms with Crippen LogP contribution in [-0.4, -0.2) is 34.0 Å². The van der Waals surface area contributed by atoms with Gasteiger partial charge in [-0.3, -0.25) is 0 Å². The molecule has 0 heterocycles. The van der Waals surface area contributed by atoms with Gasteiger partial charge in [0, 0.05) is 0 Å². The topological polar surface area (TPSA) is 44.6 Å². The molecule has 0 bridgehead atoms. The van der Waals surface area contributed by atoms with Crippen molar-refractivity contribution in [2.24, 2.45) is 0 Å². The first-order valence-electron chi connectivity index (χ1n) is 8.88. The van der Waals surface area contributed by atoms with Crippen LogP contribution in [0.25, 0.3) is 10.3 Å². The van der Waals surface area contributed by atoms with E-state index in [0.29, 0.717) is 34.0 Å². The molecule has 0 atom stereocenters. The smallest absolute Gasteiger partial charge is 0.807 e. The van der Waals surface area contributed by atoms with Gasteiger partial charge in [0.1, 0.15) is 0 Å². The minimum atomic E-state index is -1.69. The number of nitrogens with zero attached hydrogens (tertiary/aromatic N) is 2. The number of rotatable bonds is 6. The minimum absolute atomic E-state index is 0. The SMILES string of the molecule is CC(C)P(=[N-])(C(C)C)C(C)C.CC(C)P(=[N-])(C(C)C)C(C)C.[CH3-].[CH3-].[Ti+4]. The predicted octanol–water partition coefficient (Wildman–Crippen LogP) is 8.86. The molecule has 5 heteroatoms. The molecule has 0 saturated carbocycles. The summed E-state index contributed by atoms with van der Waals surface area (Å²) < 4.78 is 0. The van der Waals surface area contributed by atoms with Gasteiger partial charge in [-0.15, -0.1) is 0 Å². The van der Waals surface area contributed by atoms with Gasteiger partial charge in [-0.05, 0) is 34.0 Å². The first-order valence-corrected chi connectivity index (χ1v) is 12.8. The maximum Gasteiger partial charge on any atom is 4.00 e. The molecule has 0 aliphatic carbocycles. The van der Waals surface area contributed by atoms with Gasteiger partial charge >= 0.3 is 21.7 Å². The zero-order valence-electron chi connectivity index (χ0n) is 19.8. The average Bonchev–Trinajstić information content (AvgIpc) is 2.35. The molecule has 0 saturated heterocycles. The Labute approximate surface area is 177 Å². The Morgan fingerprint density at radius 3 is 0.480 bits per heavy atom. The summed E-state index contributed by atoms with van der Waals surface area (Å²) in [5.41, 5.74) is 2.68. The summed E-state index contributed by atoms with van der Waals surface area (Å²) >= 11 is 0. The first-order chi connectivity index (χ1) is 9.66. The summed E-state index contributed by atoms with van der Waals surface area (Å²) in [4.78, 5) is 0. The second-order valence-corrected chi connectivity index (χ2v) is 17.5. The van der Waals surface area contributed by atoms with E-state index in [1.54, 1.807) is 0 Å². The number of hydrogen-bond acceptors (Lipinski definition) is 0. The van der Waals surface area contributed by atoms with Crippen molar-refractivity contribution in [1.29, 1.82) is 0 Å². The van der Waals surface area contributed by atoms with Gasteiger partial charge in [-0.2, -0.15) is 0 Å². The Bertz CT molecular complexity index is 305. The van der Waals surface area contributed by atoms with Crippen molar-refractivity contribution in [3.63, 3.8) is 0 Å². The fraction of sp³-hybridized carbons (Fsp3) is 0.900. The molecule has 0 N–H and O–H groups in total. The van der Waals surface area contributed by atoms with Crippen molar-refractivity contribution in [3.05, 3.63) is 25.2 Å². The molecule has 0 aliphatic heterocycles. The van der Waals surface area contributed by atoms with Gasteiger partial charge in [0.25, 0.3) is 0 Å². The molecule has 0 aromatic rings. The molecule has 0 fully saturated rings. The minimum Gasteiger partial charge on any atom is -0.807 e. The maximum absolute atomic E-state index is 10.4. The molecule has 0 aromatic carbocycles. The van der Waals surface area contributed by atoms with Crippen molar-refractivity contribution in [2.45, 2.75) is 117 Å². The molecule has 0 aliphatic rings. The Hall–Kier alpha value is 1.17. The fourth-order valence-corrected chi connectivity index (χ4v) is 10.7. The molecule has 0 radical (unpaired) electrons. The molecular weight excluding hydrogens is 378 g/mol. The van der Waals surface area contributed by atoms with E-state index in [2.05, 4.69) is 83.1 Å². The Morgan fingerprint density at radius 2 is 0.480 bits per heavy atom. The monoisotopic (exact) mass is 426 g/mol. The largest absolute Gasteiger partial charge is 4.00 e. The van der Waals surface area contributed by atoms with Crippen LogP contribution in [0.1, 0.15) is 83.1 Å². The Kier molecular flexibility index (Phi) is 22.4. The van der Waals surface area contributed by atoms with Gasteiger partial charge in [0.05, 0.1) is 0 Å². The first kappa shape index (κ1) is 37.0. The van der Waals surface area contributed by atoms with Crippen LogP contribution in [0, 0.1) is 14.9 Å². The van der Waals surface area contributed by atoms with Gasteiger partial charge in [0.2, 0.25) is 0 Å². The second kappa shape index (κ2) is 15.1. The van der Waals surface area contributed by atoms with E-state index in [9.17, 15) is 10.3 Å². The normalized spacial score (nSPS) is 11.9. The predicted molar refractivity (Wildman–Crippen MR) is 124 cm³/mol. The Balaban J connectivity index is -0.0000000952. The van der Waals surface area contributed by atoms with Crippen LogP contribution >= 0.6 is 14.1 Å². The molecule has 0 amide bonds. The van der Waals surface area contributed by atoms with Crippen LogP contribution in [-0.2, 0) is 21.7 Å². The summed E-state index contributed by atoms with van der Waals surface area (Å²) in [7, 11) is -3.37. The summed E-state index contributed by atoms with van der Waals surface area (Å²) in [5.74, 6) is 0. The van der Waals surface area contributed by atoms with E-state index in [4.69, 9.17) is 0 Å². The van der Waals surface area contributed by atoms with Crippen LogP contribution in [0.5, 0.6) is 0 Å². The van der Waals surface area contributed by atoms with E-state index in [-0.39, 0.29) is 36.6 Å². The molecule has 2 nitrogen and oxygen atoms in total. The molecule has 0 aromatic heterocycles.